The lowest BCUT2D eigenvalue weighted by Gasteiger charge is -2.11. The van der Waals surface area contributed by atoms with Crippen LogP contribution in [0.4, 0.5) is 5.69 Å². The highest BCUT2D eigenvalue weighted by molar-refractivity contribution is 5.90. The number of hydrogen-bond acceptors (Lipinski definition) is 5. The molecule has 0 radical (unpaired) electrons. The fourth-order valence-electron chi connectivity index (χ4n) is 2.51. The average molecular weight is 310 g/mol. The number of nitro benzene ring substituents is 1. The van der Waals surface area contributed by atoms with E-state index >= 15 is 0 Å². The third kappa shape index (κ3) is 2.57. The lowest BCUT2D eigenvalue weighted by Crippen LogP contribution is -2.24. The Hall–Kier alpha value is -3.09. The number of nitro groups is 1. The molecule has 0 amide bonds. The zero-order valence-corrected chi connectivity index (χ0v) is 12.7. The quantitative estimate of drug-likeness (QED) is 0.548. The molecule has 7 nitrogen and oxygen atoms in total. The smallest absolute Gasteiger partial charge is 0.276 e. The Balaban J connectivity index is 2.37. The Labute approximate surface area is 131 Å². The molecule has 0 bridgehead atoms. The van der Waals surface area contributed by atoms with Crippen molar-refractivity contribution in [2.24, 2.45) is 0 Å². The summed E-state index contributed by atoms with van der Waals surface area (Å²) in [5, 5.41) is 11.7. The highest BCUT2D eigenvalue weighted by Gasteiger charge is 2.15. The van der Waals surface area contributed by atoms with Gasteiger partial charge in [-0.15, -0.1) is 0 Å². The van der Waals surface area contributed by atoms with Crippen LogP contribution in [0.2, 0.25) is 0 Å². The molecule has 0 aliphatic heterocycles. The van der Waals surface area contributed by atoms with Crippen LogP contribution in [-0.4, -0.2) is 19.5 Å². The van der Waals surface area contributed by atoms with Crippen molar-refractivity contribution >= 4 is 16.7 Å². The number of benzene rings is 1. The topological polar surface area (TPSA) is 90.9 Å². The number of hydrogen-bond donors (Lipinski definition) is 0. The van der Waals surface area contributed by atoms with Crippen LogP contribution in [-0.2, 0) is 6.54 Å². The Morgan fingerprint density at radius 1 is 1.22 bits per heavy atom. The lowest BCUT2D eigenvalue weighted by molar-refractivity contribution is -0.384. The van der Waals surface area contributed by atoms with E-state index in [-0.39, 0.29) is 5.69 Å². The monoisotopic (exact) mass is 310 g/mol. The molecule has 0 atom stereocenters. The van der Waals surface area contributed by atoms with Crippen molar-refractivity contribution in [1.29, 1.82) is 0 Å². The van der Waals surface area contributed by atoms with Gasteiger partial charge >= 0.3 is 5.69 Å². The summed E-state index contributed by atoms with van der Waals surface area (Å²) in [7, 11) is 0. The van der Waals surface area contributed by atoms with E-state index < -0.39 is 10.6 Å². The molecular weight excluding hydrogens is 296 g/mol. The highest BCUT2D eigenvalue weighted by Crippen LogP contribution is 2.27. The molecule has 23 heavy (non-hydrogen) atoms. The summed E-state index contributed by atoms with van der Waals surface area (Å²) in [4.78, 5) is 31.3. The molecule has 3 aromatic rings. The minimum atomic E-state index is -0.471. The third-order valence-electron chi connectivity index (χ3n) is 3.61. The molecule has 0 saturated carbocycles. The summed E-state index contributed by atoms with van der Waals surface area (Å²) in [6.07, 6.45) is 0. The fraction of sp³-hybridized carbons (Fsp3) is 0.188. The third-order valence-corrected chi connectivity index (χ3v) is 3.61. The van der Waals surface area contributed by atoms with Gasteiger partial charge in [-0.2, -0.15) is 4.98 Å². The largest absolute Gasteiger partial charge is 0.349 e. The van der Waals surface area contributed by atoms with Gasteiger partial charge < -0.3 is 0 Å². The van der Waals surface area contributed by atoms with Crippen LogP contribution in [0.5, 0.6) is 0 Å². The van der Waals surface area contributed by atoms with Crippen LogP contribution in [0.3, 0.4) is 0 Å². The van der Waals surface area contributed by atoms with Gasteiger partial charge in [-0.3, -0.25) is 14.7 Å². The van der Waals surface area contributed by atoms with E-state index in [9.17, 15) is 14.9 Å². The van der Waals surface area contributed by atoms with Crippen molar-refractivity contribution in [3.63, 3.8) is 0 Å². The average Bonchev–Trinajstić information content (AvgIpc) is 2.54. The summed E-state index contributed by atoms with van der Waals surface area (Å²) < 4.78 is 1.49. The summed E-state index contributed by atoms with van der Waals surface area (Å²) in [6, 6.07) is 9.76. The molecule has 0 spiro atoms. The van der Waals surface area contributed by atoms with Gasteiger partial charge in [0.2, 0.25) is 0 Å². The van der Waals surface area contributed by atoms with E-state index in [2.05, 4.69) is 9.97 Å². The van der Waals surface area contributed by atoms with Gasteiger partial charge in [0.15, 0.2) is 0 Å². The number of fused-ring (bicyclic) bond motifs is 1. The highest BCUT2D eigenvalue weighted by atomic mass is 16.6. The van der Waals surface area contributed by atoms with Crippen molar-refractivity contribution in [3.05, 3.63) is 62.7 Å². The predicted molar refractivity (Wildman–Crippen MR) is 86.3 cm³/mol. The number of rotatable bonds is 3. The van der Waals surface area contributed by atoms with Crippen LogP contribution in [0.1, 0.15) is 12.6 Å². The standard InChI is InChI=1S/C16H14N4O3/c1-3-19-15-13(8-7-10(2)17-15)14(18-16(19)21)11-5-4-6-12(9-11)20(22)23/h4-9H,3H2,1-2H3. The van der Waals surface area contributed by atoms with E-state index in [4.69, 9.17) is 0 Å². The number of aromatic nitrogens is 3. The zero-order chi connectivity index (χ0) is 16.6. The maximum atomic E-state index is 12.3. The van der Waals surface area contributed by atoms with E-state index in [0.29, 0.717) is 28.8 Å². The molecule has 0 fully saturated rings. The first-order chi connectivity index (χ1) is 11.0. The summed E-state index contributed by atoms with van der Waals surface area (Å²) in [6.45, 7) is 4.14. The molecule has 0 aliphatic rings. The van der Waals surface area contributed by atoms with E-state index in [1.165, 1.54) is 16.7 Å². The van der Waals surface area contributed by atoms with Crippen LogP contribution in [0, 0.1) is 17.0 Å². The van der Waals surface area contributed by atoms with Gasteiger partial charge in [-0.25, -0.2) is 9.78 Å². The second-order valence-electron chi connectivity index (χ2n) is 5.12. The normalized spacial score (nSPS) is 10.9. The lowest BCUT2D eigenvalue weighted by atomic mass is 10.1. The fourth-order valence-corrected chi connectivity index (χ4v) is 2.51. The van der Waals surface area contributed by atoms with Crippen molar-refractivity contribution in [2.75, 3.05) is 0 Å². The first-order valence-corrected chi connectivity index (χ1v) is 7.14. The Morgan fingerprint density at radius 2 is 2.00 bits per heavy atom. The minimum absolute atomic E-state index is 0.0443. The number of nitrogens with zero attached hydrogens (tertiary/aromatic N) is 4. The molecule has 0 unspecified atom stereocenters. The molecule has 3 rings (SSSR count). The molecular formula is C16H14N4O3. The van der Waals surface area contributed by atoms with Gasteiger partial charge in [0, 0.05) is 35.3 Å². The summed E-state index contributed by atoms with van der Waals surface area (Å²) in [5.74, 6) is 0. The maximum absolute atomic E-state index is 12.3. The van der Waals surface area contributed by atoms with Gasteiger partial charge in [-0.1, -0.05) is 12.1 Å². The molecule has 2 aromatic heterocycles. The van der Waals surface area contributed by atoms with Gasteiger partial charge in [0.25, 0.3) is 5.69 Å². The number of aryl methyl sites for hydroxylation is 2. The van der Waals surface area contributed by atoms with Crippen LogP contribution in [0.15, 0.2) is 41.2 Å². The van der Waals surface area contributed by atoms with Crippen molar-refractivity contribution in [2.45, 2.75) is 20.4 Å². The van der Waals surface area contributed by atoms with Crippen LogP contribution in [0.25, 0.3) is 22.3 Å². The SMILES string of the molecule is CCn1c(=O)nc(-c2cccc([N+](=O)[O-])c2)c2ccc(C)nc21. The van der Waals surface area contributed by atoms with E-state index in [0.717, 1.165) is 5.69 Å². The van der Waals surface area contributed by atoms with Crippen LogP contribution >= 0.6 is 0 Å². The van der Waals surface area contributed by atoms with Gasteiger partial charge in [0.1, 0.15) is 5.65 Å². The summed E-state index contributed by atoms with van der Waals surface area (Å²) in [5.41, 5.74) is 1.79. The Bertz CT molecular complexity index is 979. The second kappa shape index (κ2) is 5.60. The first-order valence-electron chi connectivity index (χ1n) is 7.14. The Morgan fingerprint density at radius 3 is 2.70 bits per heavy atom. The van der Waals surface area contributed by atoms with Crippen molar-refractivity contribution < 1.29 is 4.92 Å². The number of pyridine rings is 1. The predicted octanol–water partition coefficient (Wildman–Crippen LogP) is 2.70. The van der Waals surface area contributed by atoms with Crippen molar-refractivity contribution in [1.82, 2.24) is 14.5 Å². The van der Waals surface area contributed by atoms with Gasteiger partial charge in [-0.05, 0) is 26.0 Å². The molecule has 0 saturated heterocycles. The van der Waals surface area contributed by atoms with Crippen LogP contribution < -0.4 is 5.69 Å². The first kappa shape index (κ1) is 14.8. The molecule has 0 N–H and O–H groups in total. The molecule has 1 aromatic carbocycles. The molecule has 2 heterocycles. The van der Waals surface area contributed by atoms with E-state index in [1.807, 2.05) is 26.0 Å². The molecule has 7 heteroatoms. The maximum Gasteiger partial charge on any atom is 0.349 e. The Kier molecular flexibility index (Phi) is 3.61. The van der Waals surface area contributed by atoms with Crippen molar-refractivity contribution in [3.8, 4) is 11.3 Å². The molecule has 116 valence electrons. The minimum Gasteiger partial charge on any atom is -0.276 e. The number of non-ortho nitro benzene ring substituents is 1. The summed E-state index contributed by atoms with van der Waals surface area (Å²) >= 11 is 0. The second-order valence-corrected chi connectivity index (χ2v) is 5.12. The van der Waals surface area contributed by atoms with Gasteiger partial charge in [0.05, 0.1) is 10.6 Å². The van der Waals surface area contributed by atoms with E-state index in [1.54, 1.807) is 12.1 Å². The zero-order valence-electron chi connectivity index (χ0n) is 12.7. The molecule has 0 aliphatic carbocycles.